The molecule has 0 spiro atoms. The molecule has 11 heteroatoms. The Bertz CT molecular complexity index is 1560. The number of benzene rings is 3. The average Bonchev–Trinajstić information content (AvgIpc) is 3.40. The van der Waals surface area contributed by atoms with Crippen molar-refractivity contribution in [3.05, 3.63) is 110 Å². The summed E-state index contributed by atoms with van der Waals surface area (Å²) in [6.07, 6.45) is -0.242. The zero-order chi connectivity index (χ0) is 30.5. The van der Waals surface area contributed by atoms with Crippen LogP contribution in [0.4, 0.5) is 0 Å². The summed E-state index contributed by atoms with van der Waals surface area (Å²) in [7, 11) is 1.36. The van der Waals surface area contributed by atoms with E-state index in [0.717, 1.165) is 11.1 Å². The predicted octanol–water partition coefficient (Wildman–Crippen LogP) is 7.11. The predicted molar refractivity (Wildman–Crippen MR) is 166 cm³/mol. The molecule has 1 fully saturated rings. The lowest BCUT2D eigenvalue weighted by Crippen LogP contribution is -2.49. The molecule has 5 rings (SSSR count). The van der Waals surface area contributed by atoms with Gasteiger partial charge < -0.3 is 18.9 Å². The van der Waals surface area contributed by atoms with Crippen LogP contribution in [0, 0.1) is 6.92 Å². The second-order valence-corrected chi connectivity index (χ2v) is 11.4. The van der Waals surface area contributed by atoms with Crippen LogP contribution in [0.1, 0.15) is 43.7 Å². The van der Waals surface area contributed by atoms with Crippen molar-refractivity contribution < 1.29 is 23.6 Å². The summed E-state index contributed by atoms with van der Waals surface area (Å²) in [6, 6.07) is 19.9. The molecule has 224 valence electrons. The zero-order valence-electron chi connectivity index (χ0n) is 23.7. The standard InChI is InChI=1S/C32H30Cl3N3O5/c1-20-28(30(36-43-20)29-25(34)4-3-5-26(29)35)31(39)38-16-14-37(15-17-38)18-27(22-10-12-24(33)13-11-22)42-19-21-6-8-23(9-7-21)32(40)41-2/h3-13,27H,14-19H2,1-2H3/t27-/m1/s1. The molecule has 8 nitrogen and oxygen atoms in total. The number of piperazine rings is 1. The molecule has 1 atom stereocenters. The van der Waals surface area contributed by atoms with Crippen LogP contribution >= 0.6 is 34.8 Å². The SMILES string of the molecule is COC(=O)c1ccc(CO[C@H](CN2CCN(C(=O)c3c(-c4c(Cl)cccc4Cl)noc3C)CC2)c2ccc(Cl)cc2)cc1. The van der Waals surface area contributed by atoms with Crippen molar-refractivity contribution in [2.45, 2.75) is 19.6 Å². The zero-order valence-corrected chi connectivity index (χ0v) is 26.0. The van der Waals surface area contributed by atoms with Gasteiger partial charge in [-0.15, -0.1) is 0 Å². The first-order valence-corrected chi connectivity index (χ1v) is 14.8. The van der Waals surface area contributed by atoms with Crippen molar-refractivity contribution >= 4 is 46.7 Å². The van der Waals surface area contributed by atoms with Crippen LogP contribution in [0.5, 0.6) is 0 Å². The number of methoxy groups -OCH3 is 1. The number of ether oxygens (including phenoxy) is 2. The highest BCUT2D eigenvalue weighted by atomic mass is 35.5. The number of amides is 1. The number of halogens is 3. The van der Waals surface area contributed by atoms with Gasteiger partial charge in [0.15, 0.2) is 0 Å². The van der Waals surface area contributed by atoms with E-state index in [1.54, 1.807) is 42.2 Å². The van der Waals surface area contributed by atoms with E-state index in [0.29, 0.717) is 82.5 Å². The number of nitrogens with zero attached hydrogens (tertiary/aromatic N) is 3. The minimum absolute atomic E-state index is 0.176. The summed E-state index contributed by atoms with van der Waals surface area (Å²) in [5, 5.41) is 5.57. The third-order valence-electron chi connectivity index (χ3n) is 7.43. The molecule has 1 saturated heterocycles. The second kappa shape index (κ2) is 13.9. The Morgan fingerprint density at radius 1 is 0.930 bits per heavy atom. The van der Waals surface area contributed by atoms with E-state index in [4.69, 9.17) is 48.8 Å². The van der Waals surface area contributed by atoms with Gasteiger partial charge in [0.05, 0.1) is 35.4 Å². The summed E-state index contributed by atoms with van der Waals surface area (Å²) >= 11 is 19.0. The number of carbonyl (C=O) groups is 2. The van der Waals surface area contributed by atoms with Crippen molar-refractivity contribution in [2.24, 2.45) is 0 Å². The van der Waals surface area contributed by atoms with Crippen LogP contribution in [0.2, 0.25) is 15.1 Å². The molecule has 43 heavy (non-hydrogen) atoms. The van der Waals surface area contributed by atoms with Crippen molar-refractivity contribution in [1.82, 2.24) is 15.0 Å². The van der Waals surface area contributed by atoms with Gasteiger partial charge in [-0.2, -0.15) is 0 Å². The van der Waals surface area contributed by atoms with Crippen molar-refractivity contribution in [2.75, 3.05) is 39.8 Å². The largest absolute Gasteiger partial charge is 0.465 e. The Balaban J connectivity index is 1.25. The van der Waals surface area contributed by atoms with Gasteiger partial charge in [-0.05, 0) is 54.4 Å². The van der Waals surface area contributed by atoms with Gasteiger partial charge in [0.25, 0.3) is 5.91 Å². The van der Waals surface area contributed by atoms with E-state index in [1.807, 2.05) is 36.4 Å². The van der Waals surface area contributed by atoms with Crippen LogP contribution in [0.3, 0.4) is 0 Å². The minimum Gasteiger partial charge on any atom is -0.465 e. The van der Waals surface area contributed by atoms with Gasteiger partial charge in [0.1, 0.15) is 17.0 Å². The Hall–Kier alpha value is -3.40. The highest BCUT2D eigenvalue weighted by molar-refractivity contribution is 6.39. The molecular weight excluding hydrogens is 613 g/mol. The van der Waals surface area contributed by atoms with Gasteiger partial charge in [0.2, 0.25) is 0 Å². The van der Waals surface area contributed by atoms with Crippen LogP contribution < -0.4 is 0 Å². The maximum atomic E-state index is 13.7. The molecule has 1 aromatic heterocycles. The first-order valence-electron chi connectivity index (χ1n) is 13.7. The quantitative estimate of drug-likeness (QED) is 0.180. The highest BCUT2D eigenvalue weighted by Gasteiger charge is 2.31. The lowest BCUT2D eigenvalue weighted by molar-refractivity contribution is 0.00340. The number of rotatable bonds is 9. The molecule has 0 N–H and O–H groups in total. The number of aryl methyl sites for hydroxylation is 1. The van der Waals surface area contributed by atoms with E-state index in [-0.39, 0.29) is 18.0 Å². The summed E-state index contributed by atoms with van der Waals surface area (Å²) in [6.45, 7) is 5.02. The molecule has 0 aliphatic carbocycles. The van der Waals surface area contributed by atoms with Crippen LogP contribution in [0.15, 0.2) is 71.3 Å². The molecule has 0 bridgehead atoms. The van der Waals surface area contributed by atoms with E-state index in [1.165, 1.54) is 7.11 Å². The molecule has 1 aliphatic rings. The number of esters is 1. The smallest absolute Gasteiger partial charge is 0.337 e. The maximum Gasteiger partial charge on any atom is 0.337 e. The molecule has 0 unspecified atom stereocenters. The summed E-state index contributed by atoms with van der Waals surface area (Å²) in [4.78, 5) is 29.5. The second-order valence-electron chi connectivity index (χ2n) is 10.2. The van der Waals surface area contributed by atoms with Gasteiger partial charge in [-0.1, -0.05) is 70.3 Å². The molecule has 0 saturated carbocycles. The number of hydrogen-bond donors (Lipinski definition) is 0. The summed E-state index contributed by atoms with van der Waals surface area (Å²) < 4.78 is 16.6. The van der Waals surface area contributed by atoms with E-state index >= 15 is 0 Å². The van der Waals surface area contributed by atoms with Crippen LogP contribution in [0.25, 0.3) is 11.3 Å². The van der Waals surface area contributed by atoms with E-state index in [9.17, 15) is 9.59 Å². The molecule has 3 aromatic carbocycles. The fourth-order valence-electron chi connectivity index (χ4n) is 5.03. The number of hydrogen-bond acceptors (Lipinski definition) is 7. The first kappa shape index (κ1) is 31.0. The van der Waals surface area contributed by atoms with Gasteiger partial charge in [-0.3, -0.25) is 9.69 Å². The Kier molecular flexibility index (Phi) is 10.1. The van der Waals surface area contributed by atoms with Gasteiger partial charge in [-0.25, -0.2) is 4.79 Å². The molecular formula is C32H30Cl3N3O5. The first-order chi connectivity index (χ1) is 20.7. The summed E-state index contributed by atoms with van der Waals surface area (Å²) in [5.74, 6) is -0.147. The fourth-order valence-corrected chi connectivity index (χ4v) is 5.73. The van der Waals surface area contributed by atoms with E-state index < -0.39 is 0 Å². The van der Waals surface area contributed by atoms with Gasteiger partial charge >= 0.3 is 5.97 Å². The summed E-state index contributed by atoms with van der Waals surface area (Å²) in [5.41, 5.74) is 3.60. The molecule has 1 amide bonds. The lowest BCUT2D eigenvalue weighted by atomic mass is 10.0. The normalized spacial score (nSPS) is 14.5. The van der Waals surface area contributed by atoms with E-state index in [2.05, 4.69) is 10.1 Å². The number of aromatic nitrogens is 1. The minimum atomic E-state index is -0.382. The van der Waals surface area contributed by atoms with Crippen molar-refractivity contribution in [1.29, 1.82) is 0 Å². The Morgan fingerprint density at radius 2 is 1.58 bits per heavy atom. The van der Waals surface area contributed by atoms with Gasteiger partial charge in [0, 0.05) is 43.3 Å². The monoisotopic (exact) mass is 641 g/mol. The van der Waals surface area contributed by atoms with Crippen molar-refractivity contribution in [3.63, 3.8) is 0 Å². The van der Waals surface area contributed by atoms with Crippen molar-refractivity contribution in [3.8, 4) is 11.3 Å². The van der Waals surface area contributed by atoms with Crippen LogP contribution in [-0.4, -0.2) is 66.7 Å². The lowest BCUT2D eigenvalue weighted by Gasteiger charge is -2.36. The third kappa shape index (κ3) is 7.22. The number of carbonyl (C=O) groups excluding carboxylic acids is 2. The average molecular weight is 643 g/mol. The Labute approximate surface area is 265 Å². The van der Waals surface area contributed by atoms with Crippen LogP contribution in [-0.2, 0) is 16.1 Å². The highest BCUT2D eigenvalue weighted by Crippen LogP contribution is 2.37. The molecule has 2 heterocycles. The molecule has 4 aromatic rings. The third-order valence-corrected chi connectivity index (χ3v) is 8.31. The fraction of sp³-hybridized carbons (Fsp3) is 0.281. The Morgan fingerprint density at radius 3 is 2.21 bits per heavy atom. The maximum absolute atomic E-state index is 13.7. The topological polar surface area (TPSA) is 85.1 Å². The molecule has 1 aliphatic heterocycles. The molecule has 0 radical (unpaired) electrons.